The number of hydrogen-bond donors (Lipinski definition) is 3. The first-order valence-electron chi connectivity index (χ1n) is 6.88. The molecule has 2 rings (SSSR count). The topological polar surface area (TPSA) is 124 Å². The van der Waals surface area contributed by atoms with E-state index < -0.39 is 17.9 Å². The number of carbonyl (C=O) groups excluding carboxylic acids is 2. The summed E-state index contributed by atoms with van der Waals surface area (Å²) in [5.74, 6) is -0.735. The molecule has 0 spiro atoms. The summed E-state index contributed by atoms with van der Waals surface area (Å²) in [4.78, 5) is 27.6. The van der Waals surface area contributed by atoms with Crippen LogP contribution in [0.1, 0.15) is 21.9 Å². The summed E-state index contributed by atoms with van der Waals surface area (Å²) < 4.78 is 5.12. The number of benzene rings is 1. The van der Waals surface area contributed by atoms with Crippen molar-refractivity contribution in [2.24, 2.45) is 11.5 Å². The first-order chi connectivity index (χ1) is 10.6. The first-order valence-corrected chi connectivity index (χ1v) is 6.88. The molecule has 2 aromatic rings. The second kappa shape index (κ2) is 7.37. The minimum atomic E-state index is -0.815. The van der Waals surface area contributed by atoms with E-state index in [1.807, 2.05) is 30.3 Å². The SMILES string of the molecule is NCCc1nc(C(=O)NC(Cc2ccccc2)C(N)=O)co1. The van der Waals surface area contributed by atoms with Crippen LogP contribution in [0.3, 0.4) is 0 Å². The Bertz CT molecular complexity index is 639. The maximum absolute atomic E-state index is 12.1. The summed E-state index contributed by atoms with van der Waals surface area (Å²) in [6, 6.07) is 8.48. The fourth-order valence-electron chi connectivity index (χ4n) is 1.96. The van der Waals surface area contributed by atoms with Crippen molar-refractivity contribution in [2.45, 2.75) is 18.9 Å². The lowest BCUT2D eigenvalue weighted by Crippen LogP contribution is -2.46. The van der Waals surface area contributed by atoms with Crippen LogP contribution in [-0.4, -0.2) is 29.4 Å². The largest absolute Gasteiger partial charge is 0.448 e. The minimum Gasteiger partial charge on any atom is -0.448 e. The molecular formula is C15H18N4O3. The molecule has 0 aliphatic carbocycles. The molecule has 1 atom stereocenters. The number of rotatable bonds is 7. The van der Waals surface area contributed by atoms with Crippen LogP contribution < -0.4 is 16.8 Å². The number of amides is 2. The van der Waals surface area contributed by atoms with Gasteiger partial charge < -0.3 is 21.2 Å². The number of carbonyl (C=O) groups is 2. The summed E-state index contributed by atoms with van der Waals surface area (Å²) in [6.45, 7) is 0.374. The van der Waals surface area contributed by atoms with Crippen molar-refractivity contribution in [1.29, 1.82) is 0 Å². The van der Waals surface area contributed by atoms with Crippen molar-refractivity contribution < 1.29 is 14.0 Å². The molecule has 1 aromatic carbocycles. The lowest BCUT2D eigenvalue weighted by Gasteiger charge is -2.14. The van der Waals surface area contributed by atoms with Gasteiger partial charge in [-0.2, -0.15) is 0 Å². The maximum Gasteiger partial charge on any atom is 0.273 e. The Balaban J connectivity index is 2.03. The van der Waals surface area contributed by atoms with Gasteiger partial charge in [-0.15, -0.1) is 0 Å². The third-order valence-electron chi connectivity index (χ3n) is 3.07. The van der Waals surface area contributed by atoms with Crippen LogP contribution in [0.5, 0.6) is 0 Å². The number of primary amides is 1. The summed E-state index contributed by atoms with van der Waals surface area (Å²) in [5.41, 5.74) is 11.7. The van der Waals surface area contributed by atoms with Gasteiger partial charge in [-0.25, -0.2) is 4.98 Å². The monoisotopic (exact) mass is 302 g/mol. The number of nitrogens with two attached hydrogens (primary N) is 2. The summed E-state index contributed by atoms with van der Waals surface area (Å²) in [7, 11) is 0. The predicted octanol–water partition coefficient (Wildman–Crippen LogP) is 0.00220. The van der Waals surface area contributed by atoms with E-state index >= 15 is 0 Å². The standard InChI is InChI=1S/C15H18N4O3/c16-7-6-13-18-12(9-22-13)15(21)19-11(14(17)20)8-10-4-2-1-3-5-10/h1-5,9,11H,6-8,16H2,(H2,17,20)(H,19,21). The van der Waals surface area contributed by atoms with Crippen LogP contribution >= 0.6 is 0 Å². The highest BCUT2D eigenvalue weighted by Crippen LogP contribution is 2.06. The molecule has 1 heterocycles. The van der Waals surface area contributed by atoms with E-state index in [1.54, 1.807) is 0 Å². The van der Waals surface area contributed by atoms with Crippen LogP contribution in [0.4, 0.5) is 0 Å². The molecular weight excluding hydrogens is 284 g/mol. The molecule has 22 heavy (non-hydrogen) atoms. The van der Waals surface area contributed by atoms with Crippen LogP contribution in [0, 0.1) is 0 Å². The highest BCUT2D eigenvalue weighted by atomic mass is 16.3. The third kappa shape index (κ3) is 4.16. The van der Waals surface area contributed by atoms with E-state index in [9.17, 15) is 9.59 Å². The molecule has 0 bridgehead atoms. The second-order valence-corrected chi connectivity index (χ2v) is 4.78. The Morgan fingerprint density at radius 3 is 2.64 bits per heavy atom. The van der Waals surface area contributed by atoms with Crippen LogP contribution in [-0.2, 0) is 17.6 Å². The van der Waals surface area contributed by atoms with E-state index in [0.29, 0.717) is 25.3 Å². The quantitative estimate of drug-likeness (QED) is 0.664. The molecule has 0 aliphatic heterocycles. The molecule has 0 saturated carbocycles. The lowest BCUT2D eigenvalue weighted by atomic mass is 10.1. The molecule has 5 N–H and O–H groups in total. The Morgan fingerprint density at radius 1 is 1.27 bits per heavy atom. The van der Waals surface area contributed by atoms with Gasteiger partial charge in [0.15, 0.2) is 11.6 Å². The van der Waals surface area contributed by atoms with E-state index in [4.69, 9.17) is 15.9 Å². The van der Waals surface area contributed by atoms with E-state index in [1.165, 1.54) is 6.26 Å². The van der Waals surface area contributed by atoms with Crippen LogP contribution in [0.2, 0.25) is 0 Å². The fourth-order valence-corrected chi connectivity index (χ4v) is 1.96. The molecule has 7 nitrogen and oxygen atoms in total. The number of nitrogens with one attached hydrogen (secondary N) is 1. The normalized spacial score (nSPS) is 11.9. The molecule has 7 heteroatoms. The van der Waals surface area contributed by atoms with Gasteiger partial charge in [-0.05, 0) is 5.56 Å². The van der Waals surface area contributed by atoms with Crippen molar-refractivity contribution in [3.63, 3.8) is 0 Å². The molecule has 0 aliphatic rings. The Labute approximate surface area is 127 Å². The number of hydrogen-bond acceptors (Lipinski definition) is 5. The van der Waals surface area contributed by atoms with E-state index in [0.717, 1.165) is 5.56 Å². The van der Waals surface area contributed by atoms with Gasteiger partial charge in [0.25, 0.3) is 5.91 Å². The third-order valence-corrected chi connectivity index (χ3v) is 3.07. The summed E-state index contributed by atoms with van der Waals surface area (Å²) in [6.07, 6.45) is 1.99. The van der Waals surface area contributed by atoms with Crippen molar-refractivity contribution in [3.8, 4) is 0 Å². The second-order valence-electron chi connectivity index (χ2n) is 4.78. The van der Waals surface area contributed by atoms with Crippen LogP contribution in [0.25, 0.3) is 0 Å². The number of oxazole rings is 1. The molecule has 0 radical (unpaired) electrons. The lowest BCUT2D eigenvalue weighted by molar-refractivity contribution is -0.119. The van der Waals surface area contributed by atoms with E-state index in [-0.39, 0.29) is 5.69 Å². The maximum atomic E-state index is 12.1. The molecule has 116 valence electrons. The number of aromatic nitrogens is 1. The molecule has 1 unspecified atom stereocenters. The first kappa shape index (κ1) is 15.7. The van der Waals surface area contributed by atoms with Gasteiger partial charge in [-0.1, -0.05) is 30.3 Å². The zero-order valence-corrected chi connectivity index (χ0v) is 12.0. The van der Waals surface area contributed by atoms with Gasteiger partial charge in [-0.3, -0.25) is 9.59 Å². The molecule has 0 saturated heterocycles. The van der Waals surface area contributed by atoms with Gasteiger partial charge in [0, 0.05) is 19.4 Å². The Kier molecular flexibility index (Phi) is 5.26. The van der Waals surface area contributed by atoms with Crippen molar-refractivity contribution >= 4 is 11.8 Å². The van der Waals surface area contributed by atoms with Crippen molar-refractivity contribution in [1.82, 2.24) is 10.3 Å². The van der Waals surface area contributed by atoms with Gasteiger partial charge >= 0.3 is 0 Å². The average molecular weight is 302 g/mol. The molecule has 1 aromatic heterocycles. The minimum absolute atomic E-state index is 0.0998. The highest BCUT2D eigenvalue weighted by molar-refractivity contribution is 5.95. The fraction of sp³-hybridized carbons (Fsp3) is 0.267. The molecule has 0 fully saturated rings. The highest BCUT2D eigenvalue weighted by Gasteiger charge is 2.21. The van der Waals surface area contributed by atoms with E-state index in [2.05, 4.69) is 10.3 Å². The van der Waals surface area contributed by atoms with Crippen LogP contribution in [0.15, 0.2) is 41.0 Å². The van der Waals surface area contributed by atoms with Gasteiger partial charge in [0.2, 0.25) is 5.91 Å². The van der Waals surface area contributed by atoms with Gasteiger partial charge in [0.05, 0.1) is 0 Å². The summed E-state index contributed by atoms with van der Waals surface area (Å²) >= 11 is 0. The Morgan fingerprint density at radius 2 is 2.00 bits per heavy atom. The Hall–Kier alpha value is -2.67. The van der Waals surface area contributed by atoms with Gasteiger partial charge in [0.1, 0.15) is 12.3 Å². The van der Waals surface area contributed by atoms with Crippen molar-refractivity contribution in [3.05, 3.63) is 53.7 Å². The zero-order valence-electron chi connectivity index (χ0n) is 12.0. The summed E-state index contributed by atoms with van der Waals surface area (Å²) in [5, 5.41) is 2.57. The number of nitrogens with zero attached hydrogens (tertiary/aromatic N) is 1. The smallest absolute Gasteiger partial charge is 0.273 e. The predicted molar refractivity (Wildman–Crippen MR) is 79.9 cm³/mol. The van der Waals surface area contributed by atoms with Crippen molar-refractivity contribution in [2.75, 3.05) is 6.54 Å². The molecule has 2 amide bonds. The average Bonchev–Trinajstić information content (AvgIpc) is 2.96. The zero-order chi connectivity index (χ0) is 15.9.